The van der Waals surface area contributed by atoms with E-state index in [9.17, 15) is 9.50 Å². The van der Waals surface area contributed by atoms with Gasteiger partial charge in [0.15, 0.2) is 5.65 Å². The summed E-state index contributed by atoms with van der Waals surface area (Å²) in [6, 6.07) is 2.89. The zero-order valence-corrected chi connectivity index (χ0v) is 10.5. The maximum atomic E-state index is 13.0. The molecule has 5 nitrogen and oxygen atoms in total. The minimum Gasteiger partial charge on any atom is -0.388 e. The zero-order chi connectivity index (χ0) is 13.2. The number of hydrogen-bond donors (Lipinski definition) is 2. The first-order valence-electron chi connectivity index (χ1n) is 6.04. The lowest BCUT2D eigenvalue weighted by atomic mass is 9.98. The highest BCUT2D eigenvalue weighted by molar-refractivity contribution is 5.43. The van der Waals surface area contributed by atoms with Crippen LogP contribution in [0.5, 0.6) is 0 Å². The number of anilines is 1. The quantitative estimate of drug-likeness (QED) is 0.852. The van der Waals surface area contributed by atoms with Crippen molar-refractivity contribution in [3.8, 4) is 0 Å². The molecule has 0 radical (unpaired) electrons. The summed E-state index contributed by atoms with van der Waals surface area (Å²) < 4.78 is 14.4. The van der Waals surface area contributed by atoms with Gasteiger partial charge >= 0.3 is 0 Å². The molecule has 18 heavy (non-hydrogen) atoms. The van der Waals surface area contributed by atoms with Crippen LogP contribution in [0.4, 0.5) is 10.3 Å². The molecule has 2 N–H and O–H groups in total. The molecule has 6 heteroatoms. The predicted octanol–water partition coefficient (Wildman–Crippen LogP) is 1.83. The van der Waals surface area contributed by atoms with Crippen LogP contribution in [0.3, 0.4) is 0 Å². The van der Waals surface area contributed by atoms with E-state index in [0.717, 1.165) is 0 Å². The molecule has 0 spiro atoms. The van der Waals surface area contributed by atoms with Crippen LogP contribution in [0.15, 0.2) is 18.3 Å². The molecule has 2 aromatic heterocycles. The third kappa shape index (κ3) is 2.59. The largest absolute Gasteiger partial charge is 0.388 e. The number of hydrogen-bond acceptors (Lipinski definition) is 4. The second-order valence-electron chi connectivity index (χ2n) is 4.37. The van der Waals surface area contributed by atoms with E-state index in [-0.39, 0.29) is 5.82 Å². The molecule has 2 rings (SSSR count). The van der Waals surface area contributed by atoms with E-state index in [4.69, 9.17) is 0 Å². The molecule has 0 aliphatic carbocycles. The molecule has 0 fully saturated rings. The van der Waals surface area contributed by atoms with Crippen molar-refractivity contribution < 1.29 is 9.50 Å². The van der Waals surface area contributed by atoms with Crippen molar-refractivity contribution in [3.63, 3.8) is 0 Å². The molecule has 0 aliphatic heterocycles. The molecule has 98 valence electrons. The third-order valence-corrected chi connectivity index (χ3v) is 3.19. The fourth-order valence-electron chi connectivity index (χ4n) is 1.68. The number of pyridine rings is 1. The SMILES string of the molecule is CCC(O)(CC)CNc1nc2ccc(F)cn2n1. The van der Waals surface area contributed by atoms with Gasteiger partial charge in [0, 0.05) is 6.54 Å². The lowest BCUT2D eigenvalue weighted by Gasteiger charge is -2.24. The lowest BCUT2D eigenvalue weighted by molar-refractivity contribution is 0.0455. The minimum absolute atomic E-state index is 0.363. The van der Waals surface area contributed by atoms with E-state index in [1.54, 1.807) is 6.07 Å². The van der Waals surface area contributed by atoms with Gasteiger partial charge in [-0.2, -0.15) is 4.98 Å². The van der Waals surface area contributed by atoms with Crippen LogP contribution in [-0.4, -0.2) is 31.9 Å². The van der Waals surface area contributed by atoms with Gasteiger partial charge in [0.2, 0.25) is 5.95 Å². The summed E-state index contributed by atoms with van der Waals surface area (Å²) in [6.45, 7) is 4.23. The van der Waals surface area contributed by atoms with E-state index in [1.165, 1.54) is 16.8 Å². The molecular weight excluding hydrogens is 235 g/mol. The molecule has 0 bridgehead atoms. The number of rotatable bonds is 5. The Balaban J connectivity index is 2.13. The lowest BCUT2D eigenvalue weighted by Crippen LogP contribution is -2.35. The first-order valence-corrected chi connectivity index (χ1v) is 6.04. The highest BCUT2D eigenvalue weighted by atomic mass is 19.1. The average molecular weight is 252 g/mol. The predicted molar refractivity (Wildman–Crippen MR) is 67.0 cm³/mol. The zero-order valence-electron chi connectivity index (χ0n) is 10.5. The summed E-state index contributed by atoms with van der Waals surface area (Å²) in [7, 11) is 0. The fraction of sp³-hybridized carbons (Fsp3) is 0.500. The number of aliphatic hydroxyl groups is 1. The Kier molecular flexibility index (Phi) is 3.47. The van der Waals surface area contributed by atoms with Crippen molar-refractivity contribution in [1.29, 1.82) is 0 Å². The molecule has 0 amide bonds. The molecule has 0 atom stereocenters. The Bertz CT molecular complexity index is 536. The fourth-order valence-corrected chi connectivity index (χ4v) is 1.68. The van der Waals surface area contributed by atoms with Crippen LogP contribution in [0.25, 0.3) is 5.65 Å². The van der Waals surface area contributed by atoms with Crippen molar-refractivity contribution in [3.05, 3.63) is 24.1 Å². The van der Waals surface area contributed by atoms with Gasteiger partial charge in [0.05, 0.1) is 11.8 Å². The van der Waals surface area contributed by atoms with Crippen molar-refractivity contribution in [2.24, 2.45) is 0 Å². The van der Waals surface area contributed by atoms with Crippen molar-refractivity contribution in [2.45, 2.75) is 32.3 Å². The average Bonchev–Trinajstić information content (AvgIpc) is 2.78. The summed E-state index contributed by atoms with van der Waals surface area (Å²) in [5.41, 5.74) is -0.196. The number of halogens is 1. The van der Waals surface area contributed by atoms with Gasteiger partial charge < -0.3 is 10.4 Å². The van der Waals surface area contributed by atoms with Crippen molar-refractivity contribution in [1.82, 2.24) is 14.6 Å². The number of nitrogens with zero attached hydrogens (tertiary/aromatic N) is 3. The van der Waals surface area contributed by atoms with Gasteiger partial charge in [0.25, 0.3) is 0 Å². The molecule has 2 heterocycles. The van der Waals surface area contributed by atoms with Gasteiger partial charge in [-0.25, -0.2) is 8.91 Å². The Hall–Kier alpha value is -1.69. The Morgan fingerprint density at radius 1 is 1.39 bits per heavy atom. The first-order chi connectivity index (χ1) is 8.56. The van der Waals surface area contributed by atoms with Crippen molar-refractivity contribution >= 4 is 11.6 Å². The molecule has 0 unspecified atom stereocenters. The van der Waals surface area contributed by atoms with Crippen LogP contribution < -0.4 is 5.32 Å². The van der Waals surface area contributed by atoms with E-state index >= 15 is 0 Å². The number of fused-ring (bicyclic) bond motifs is 1. The van der Waals surface area contributed by atoms with Crippen LogP contribution in [0, 0.1) is 5.82 Å². The molecular formula is C12H17FN4O. The summed E-state index contributed by atoms with van der Waals surface area (Å²) in [4.78, 5) is 4.19. The van der Waals surface area contributed by atoms with Gasteiger partial charge in [-0.3, -0.25) is 0 Å². The topological polar surface area (TPSA) is 62.5 Å². The van der Waals surface area contributed by atoms with Crippen LogP contribution in [-0.2, 0) is 0 Å². The van der Waals surface area contributed by atoms with Crippen LogP contribution in [0.2, 0.25) is 0 Å². The minimum atomic E-state index is -0.761. The third-order valence-electron chi connectivity index (χ3n) is 3.19. The normalized spacial score (nSPS) is 12.0. The van der Waals surface area contributed by atoms with Crippen LogP contribution in [0.1, 0.15) is 26.7 Å². The van der Waals surface area contributed by atoms with Gasteiger partial charge in [0.1, 0.15) is 5.82 Å². The van der Waals surface area contributed by atoms with Crippen LogP contribution >= 0.6 is 0 Å². The summed E-state index contributed by atoms with van der Waals surface area (Å²) >= 11 is 0. The maximum absolute atomic E-state index is 13.0. The summed E-state index contributed by atoms with van der Waals surface area (Å²) in [6.07, 6.45) is 2.57. The summed E-state index contributed by atoms with van der Waals surface area (Å²) in [5.74, 6) is 0.0264. The highest BCUT2D eigenvalue weighted by Gasteiger charge is 2.22. The maximum Gasteiger partial charge on any atom is 0.243 e. The second kappa shape index (κ2) is 4.89. The Morgan fingerprint density at radius 2 is 2.11 bits per heavy atom. The number of aromatic nitrogens is 3. The second-order valence-corrected chi connectivity index (χ2v) is 4.37. The number of nitrogens with one attached hydrogen (secondary N) is 1. The monoisotopic (exact) mass is 252 g/mol. The van der Waals surface area contributed by atoms with E-state index in [2.05, 4.69) is 15.4 Å². The Labute approximate surface area is 105 Å². The molecule has 0 aromatic carbocycles. The highest BCUT2D eigenvalue weighted by Crippen LogP contribution is 2.15. The van der Waals surface area contributed by atoms with Gasteiger partial charge in [-0.05, 0) is 25.0 Å². The Morgan fingerprint density at radius 3 is 2.78 bits per heavy atom. The van der Waals surface area contributed by atoms with E-state index < -0.39 is 5.60 Å². The standard InChI is InChI=1S/C12H17FN4O/c1-3-12(18,4-2)8-14-11-15-10-6-5-9(13)7-17(10)16-11/h5-7,18H,3-4,8H2,1-2H3,(H,14,16). The van der Waals surface area contributed by atoms with E-state index in [1.807, 2.05) is 13.8 Å². The molecule has 0 aliphatic rings. The first kappa shape index (κ1) is 12.8. The van der Waals surface area contributed by atoms with Crippen molar-refractivity contribution in [2.75, 3.05) is 11.9 Å². The smallest absolute Gasteiger partial charge is 0.243 e. The summed E-state index contributed by atoms with van der Waals surface area (Å²) in [5, 5.41) is 17.2. The van der Waals surface area contributed by atoms with Gasteiger partial charge in [-0.1, -0.05) is 13.8 Å². The van der Waals surface area contributed by atoms with E-state index in [0.29, 0.717) is 31.0 Å². The molecule has 0 saturated heterocycles. The van der Waals surface area contributed by atoms with Gasteiger partial charge in [-0.15, -0.1) is 5.10 Å². The molecule has 0 saturated carbocycles. The molecule has 2 aromatic rings.